The van der Waals surface area contributed by atoms with Gasteiger partial charge in [0.15, 0.2) is 11.6 Å². The molecule has 122 valence electrons. The van der Waals surface area contributed by atoms with E-state index in [2.05, 4.69) is 21.6 Å². The van der Waals surface area contributed by atoms with Crippen molar-refractivity contribution in [2.24, 2.45) is 0 Å². The van der Waals surface area contributed by atoms with Crippen LogP contribution in [-0.4, -0.2) is 10.2 Å². The van der Waals surface area contributed by atoms with Gasteiger partial charge in [0, 0.05) is 11.1 Å². The van der Waals surface area contributed by atoms with Gasteiger partial charge in [-0.15, -0.1) is 0 Å². The Morgan fingerprint density at radius 2 is 1.80 bits per heavy atom. The van der Waals surface area contributed by atoms with E-state index in [-0.39, 0.29) is 5.56 Å². The minimum atomic E-state index is -0.957. The van der Waals surface area contributed by atoms with Crippen LogP contribution in [-0.2, 0) is 0 Å². The zero-order chi connectivity index (χ0) is 17.4. The average molecular weight is 334 g/mol. The van der Waals surface area contributed by atoms with Gasteiger partial charge in [-0.05, 0) is 11.6 Å². The summed E-state index contributed by atoms with van der Waals surface area (Å²) in [5.74, 6) is -2.08. The summed E-state index contributed by atoms with van der Waals surface area (Å²) in [4.78, 5) is 0. The van der Waals surface area contributed by atoms with E-state index >= 15 is 0 Å². The van der Waals surface area contributed by atoms with Crippen molar-refractivity contribution in [3.63, 3.8) is 0 Å². The lowest BCUT2D eigenvalue weighted by atomic mass is 9.82. The Labute approximate surface area is 142 Å². The lowest BCUT2D eigenvalue weighted by molar-refractivity contribution is 0.497. The van der Waals surface area contributed by atoms with Crippen LogP contribution >= 0.6 is 0 Å². The number of aromatic nitrogens is 2. The van der Waals surface area contributed by atoms with Gasteiger partial charge in [0.1, 0.15) is 5.82 Å². The lowest BCUT2D eigenvalue weighted by Crippen LogP contribution is -2.18. The van der Waals surface area contributed by atoms with E-state index in [1.54, 1.807) is 0 Å². The van der Waals surface area contributed by atoms with Gasteiger partial charge in [0.05, 0.1) is 29.5 Å². The van der Waals surface area contributed by atoms with E-state index in [4.69, 9.17) is 0 Å². The second kappa shape index (κ2) is 5.87. The second-order valence-corrected chi connectivity index (χ2v) is 5.67. The van der Waals surface area contributed by atoms with Gasteiger partial charge < -0.3 is 5.32 Å². The first-order valence-electron chi connectivity index (χ1n) is 7.64. The number of nitrogens with one attached hydrogen (secondary N) is 2. The van der Waals surface area contributed by atoms with Crippen molar-refractivity contribution < 1.29 is 8.78 Å². The van der Waals surface area contributed by atoms with E-state index in [0.29, 0.717) is 22.7 Å². The molecule has 0 saturated carbocycles. The molecule has 1 atom stereocenters. The molecule has 0 amide bonds. The largest absolute Gasteiger partial charge is 0.339 e. The van der Waals surface area contributed by atoms with Crippen LogP contribution < -0.4 is 5.32 Å². The van der Waals surface area contributed by atoms with E-state index < -0.39 is 17.6 Å². The first kappa shape index (κ1) is 15.1. The van der Waals surface area contributed by atoms with Crippen molar-refractivity contribution in [1.29, 1.82) is 5.26 Å². The van der Waals surface area contributed by atoms with Crippen LogP contribution in [0, 0.1) is 23.0 Å². The first-order valence-corrected chi connectivity index (χ1v) is 7.64. The molecule has 3 aromatic rings. The van der Waals surface area contributed by atoms with Crippen LogP contribution in [0.15, 0.2) is 60.3 Å². The minimum absolute atomic E-state index is 0.106. The smallest absolute Gasteiger partial charge is 0.162 e. The van der Waals surface area contributed by atoms with E-state index in [1.807, 2.05) is 30.3 Å². The fourth-order valence-electron chi connectivity index (χ4n) is 3.13. The molecule has 0 spiro atoms. The fourth-order valence-corrected chi connectivity index (χ4v) is 3.13. The molecular formula is C19H12F2N4. The highest BCUT2D eigenvalue weighted by molar-refractivity contribution is 5.86. The van der Waals surface area contributed by atoms with Crippen LogP contribution in [0.1, 0.15) is 22.6 Å². The first-order chi connectivity index (χ1) is 12.2. The standard InChI is InChI=1S/C19H12F2N4/c20-15-8-4-7-12(17(15)21)16-13(9-22)18(11-5-2-1-3-6-11)24-19-14(16)10-23-25-19/h1-8,10,16H,(H2,23,24,25). The molecule has 6 heteroatoms. The summed E-state index contributed by atoms with van der Waals surface area (Å²) in [6.07, 6.45) is 1.52. The minimum Gasteiger partial charge on any atom is -0.339 e. The van der Waals surface area contributed by atoms with Gasteiger partial charge in [0.2, 0.25) is 0 Å². The van der Waals surface area contributed by atoms with Crippen LogP contribution in [0.3, 0.4) is 0 Å². The highest BCUT2D eigenvalue weighted by atomic mass is 19.2. The Hall–Kier alpha value is -3.46. The number of nitriles is 1. The molecule has 1 aliphatic rings. The monoisotopic (exact) mass is 334 g/mol. The highest BCUT2D eigenvalue weighted by Gasteiger charge is 2.33. The van der Waals surface area contributed by atoms with Gasteiger partial charge in [0.25, 0.3) is 0 Å². The number of H-pyrrole nitrogens is 1. The van der Waals surface area contributed by atoms with E-state index in [0.717, 1.165) is 11.6 Å². The number of hydrogen-bond donors (Lipinski definition) is 2. The summed E-state index contributed by atoms with van der Waals surface area (Å²) in [6, 6.07) is 15.4. The maximum Gasteiger partial charge on any atom is 0.162 e. The highest BCUT2D eigenvalue weighted by Crippen LogP contribution is 2.43. The molecule has 1 aliphatic heterocycles. The number of nitrogens with zero attached hydrogens (tertiary/aromatic N) is 2. The Morgan fingerprint density at radius 3 is 2.56 bits per heavy atom. The third-order valence-corrected chi connectivity index (χ3v) is 4.26. The molecule has 0 radical (unpaired) electrons. The number of halogens is 2. The molecule has 0 aliphatic carbocycles. The van der Waals surface area contributed by atoms with Crippen LogP contribution in [0.5, 0.6) is 0 Å². The summed E-state index contributed by atoms with van der Waals surface area (Å²) in [5, 5.41) is 19.7. The molecule has 1 unspecified atom stereocenters. The predicted molar refractivity (Wildman–Crippen MR) is 89.4 cm³/mol. The van der Waals surface area contributed by atoms with Crippen molar-refractivity contribution in [2.45, 2.75) is 5.92 Å². The predicted octanol–water partition coefficient (Wildman–Crippen LogP) is 4.18. The molecule has 0 saturated heterocycles. The van der Waals surface area contributed by atoms with Crippen molar-refractivity contribution in [1.82, 2.24) is 10.2 Å². The molecule has 4 nitrogen and oxygen atoms in total. The third-order valence-electron chi connectivity index (χ3n) is 4.26. The SMILES string of the molecule is N#CC1=C(c2ccccc2)Nc2[nH]ncc2C1c1cccc(F)c1F. The summed E-state index contributed by atoms with van der Waals surface area (Å²) >= 11 is 0. The van der Waals surface area contributed by atoms with Crippen LogP contribution in [0.2, 0.25) is 0 Å². The van der Waals surface area contributed by atoms with Gasteiger partial charge >= 0.3 is 0 Å². The summed E-state index contributed by atoms with van der Waals surface area (Å²) in [6.45, 7) is 0. The zero-order valence-corrected chi connectivity index (χ0v) is 12.9. The van der Waals surface area contributed by atoms with Crippen molar-refractivity contribution in [3.05, 3.63) is 88.6 Å². The fraction of sp³-hybridized carbons (Fsp3) is 0.0526. The molecule has 0 fully saturated rings. The number of benzene rings is 2. The Kier molecular flexibility index (Phi) is 3.55. The van der Waals surface area contributed by atoms with Gasteiger partial charge in [-0.25, -0.2) is 8.78 Å². The Balaban J connectivity index is 1.99. The van der Waals surface area contributed by atoms with E-state index in [1.165, 1.54) is 18.3 Å². The quantitative estimate of drug-likeness (QED) is 0.739. The number of rotatable bonds is 2. The zero-order valence-electron chi connectivity index (χ0n) is 12.9. The molecule has 1 aromatic heterocycles. The third kappa shape index (κ3) is 2.37. The number of aromatic amines is 1. The van der Waals surface area contributed by atoms with Gasteiger partial charge in [-0.1, -0.05) is 42.5 Å². The van der Waals surface area contributed by atoms with E-state index in [9.17, 15) is 14.0 Å². The second-order valence-electron chi connectivity index (χ2n) is 5.67. The lowest BCUT2D eigenvalue weighted by Gasteiger charge is -2.26. The molecule has 2 N–H and O–H groups in total. The normalized spacial score (nSPS) is 16.1. The van der Waals surface area contributed by atoms with Crippen molar-refractivity contribution in [2.75, 3.05) is 5.32 Å². The molecule has 2 aromatic carbocycles. The number of fused-ring (bicyclic) bond motifs is 1. The summed E-state index contributed by atoms with van der Waals surface area (Å²) < 4.78 is 28.2. The molecule has 4 rings (SSSR count). The molecule has 25 heavy (non-hydrogen) atoms. The maximum atomic E-state index is 14.5. The maximum absolute atomic E-state index is 14.5. The number of hydrogen-bond acceptors (Lipinski definition) is 3. The van der Waals surface area contributed by atoms with Crippen molar-refractivity contribution in [3.8, 4) is 6.07 Å². The Bertz CT molecular complexity index is 1020. The van der Waals surface area contributed by atoms with Gasteiger partial charge in [-0.3, -0.25) is 5.10 Å². The van der Waals surface area contributed by atoms with Gasteiger partial charge in [-0.2, -0.15) is 10.4 Å². The van der Waals surface area contributed by atoms with Crippen molar-refractivity contribution >= 4 is 11.5 Å². The van der Waals surface area contributed by atoms with Crippen LogP contribution in [0.4, 0.5) is 14.6 Å². The average Bonchev–Trinajstić information content (AvgIpc) is 3.11. The topological polar surface area (TPSA) is 64.5 Å². The summed E-state index contributed by atoms with van der Waals surface area (Å²) in [7, 11) is 0. The number of anilines is 1. The number of allylic oxidation sites excluding steroid dienone is 1. The Morgan fingerprint density at radius 1 is 1.00 bits per heavy atom. The molecular weight excluding hydrogens is 322 g/mol. The summed E-state index contributed by atoms with van der Waals surface area (Å²) in [5.41, 5.74) is 2.34. The molecule has 0 bridgehead atoms. The molecule has 2 heterocycles. The van der Waals surface area contributed by atoms with Crippen LogP contribution in [0.25, 0.3) is 5.70 Å².